The van der Waals surface area contributed by atoms with E-state index in [1.165, 1.54) is 17.3 Å². The predicted octanol–water partition coefficient (Wildman–Crippen LogP) is 0.401. The summed E-state index contributed by atoms with van der Waals surface area (Å²) in [4.78, 5) is 25.7. The van der Waals surface area contributed by atoms with Gasteiger partial charge in [0.15, 0.2) is 0 Å². The fourth-order valence-electron chi connectivity index (χ4n) is 2.22. The van der Waals surface area contributed by atoms with Gasteiger partial charge in [-0.05, 0) is 12.1 Å². The molecule has 3 rings (SSSR count). The Balaban J connectivity index is 1.69. The Morgan fingerprint density at radius 2 is 1.90 bits per heavy atom. The molecule has 102 valence electrons. The molecule has 20 heavy (non-hydrogen) atoms. The topological polar surface area (TPSA) is 80.1 Å². The van der Waals surface area contributed by atoms with Crippen LogP contribution in [-0.4, -0.2) is 33.2 Å². The zero-order valence-corrected chi connectivity index (χ0v) is 10.6. The molecule has 2 aromatic rings. The maximum atomic E-state index is 12.1. The lowest BCUT2D eigenvalue weighted by molar-refractivity contribution is -0.123. The van der Waals surface area contributed by atoms with Crippen molar-refractivity contribution in [1.82, 2.24) is 14.9 Å². The Bertz CT molecular complexity index is 611. The van der Waals surface area contributed by atoms with Gasteiger partial charge in [-0.3, -0.25) is 15.0 Å². The lowest BCUT2D eigenvalue weighted by atomic mass is 10.1. The molecule has 0 unspecified atom stereocenters. The third-order valence-electron chi connectivity index (χ3n) is 3.22. The van der Waals surface area contributed by atoms with Crippen molar-refractivity contribution in [3.63, 3.8) is 0 Å². The minimum absolute atomic E-state index is 0.0416. The molecule has 1 fully saturated rings. The smallest absolute Gasteiger partial charge is 0.244 e. The highest BCUT2D eigenvalue weighted by Crippen LogP contribution is 2.24. The number of carbonyl (C=O) groups is 2. The highest BCUT2D eigenvalue weighted by molar-refractivity contribution is 6.01. The third-order valence-corrected chi connectivity index (χ3v) is 3.22. The molecule has 0 radical (unpaired) electrons. The van der Waals surface area contributed by atoms with Gasteiger partial charge in [0, 0.05) is 18.7 Å². The Morgan fingerprint density at radius 3 is 2.60 bits per heavy atom. The molecule has 1 aliphatic heterocycles. The summed E-state index contributed by atoms with van der Waals surface area (Å²) >= 11 is 0. The number of nitrogens with one attached hydrogen (secondary N) is 1. The Morgan fingerprint density at radius 1 is 1.20 bits per heavy atom. The van der Waals surface area contributed by atoms with Gasteiger partial charge in [-0.2, -0.15) is 0 Å². The number of amides is 2. The second-order valence-electron chi connectivity index (χ2n) is 4.59. The van der Waals surface area contributed by atoms with Crippen LogP contribution in [0, 0.1) is 5.92 Å². The van der Waals surface area contributed by atoms with Gasteiger partial charge in [0.05, 0.1) is 5.92 Å². The Labute approximate surface area is 115 Å². The normalized spacial score (nSPS) is 18.3. The van der Waals surface area contributed by atoms with E-state index in [9.17, 15) is 9.59 Å². The number of aromatic nitrogens is 3. The van der Waals surface area contributed by atoms with Crippen molar-refractivity contribution in [2.75, 3.05) is 16.9 Å². The summed E-state index contributed by atoms with van der Waals surface area (Å²) in [6, 6.07) is 9.34. The van der Waals surface area contributed by atoms with Crippen LogP contribution in [0.2, 0.25) is 0 Å². The van der Waals surface area contributed by atoms with Crippen molar-refractivity contribution in [1.29, 1.82) is 0 Å². The van der Waals surface area contributed by atoms with E-state index in [0.717, 1.165) is 5.69 Å². The van der Waals surface area contributed by atoms with Crippen molar-refractivity contribution in [3.8, 4) is 0 Å². The maximum absolute atomic E-state index is 12.1. The van der Waals surface area contributed by atoms with Crippen molar-refractivity contribution < 1.29 is 9.59 Å². The second-order valence-corrected chi connectivity index (χ2v) is 4.59. The van der Waals surface area contributed by atoms with E-state index in [4.69, 9.17) is 0 Å². The average molecular weight is 271 g/mol. The summed E-state index contributed by atoms with van der Waals surface area (Å²) < 4.78 is 1.37. The van der Waals surface area contributed by atoms with Crippen LogP contribution in [-0.2, 0) is 9.59 Å². The van der Waals surface area contributed by atoms with E-state index in [2.05, 4.69) is 15.6 Å². The summed E-state index contributed by atoms with van der Waals surface area (Å²) in [6.07, 6.45) is 3.00. The van der Waals surface area contributed by atoms with E-state index in [1.807, 2.05) is 30.3 Å². The van der Waals surface area contributed by atoms with Crippen LogP contribution < -0.4 is 10.3 Å². The minimum Gasteiger partial charge on any atom is -0.312 e. The molecule has 1 aromatic carbocycles. The number of benzene rings is 1. The number of nitrogens with zero attached hydrogens (tertiary/aromatic N) is 4. The molecule has 1 N–H and O–H groups in total. The van der Waals surface area contributed by atoms with Crippen LogP contribution in [0.3, 0.4) is 0 Å². The first kappa shape index (κ1) is 12.3. The third kappa shape index (κ3) is 2.37. The lowest BCUT2D eigenvalue weighted by Crippen LogP contribution is -2.31. The van der Waals surface area contributed by atoms with Crippen LogP contribution in [0.25, 0.3) is 0 Å². The van der Waals surface area contributed by atoms with Gasteiger partial charge >= 0.3 is 0 Å². The van der Waals surface area contributed by atoms with E-state index >= 15 is 0 Å². The molecule has 2 heterocycles. The molecule has 0 saturated carbocycles. The molecule has 0 aliphatic carbocycles. The number of rotatable bonds is 3. The van der Waals surface area contributed by atoms with E-state index in [0.29, 0.717) is 6.54 Å². The Hall–Kier alpha value is -2.70. The van der Waals surface area contributed by atoms with Crippen LogP contribution in [0.1, 0.15) is 6.42 Å². The first-order chi connectivity index (χ1) is 9.74. The molecule has 1 aromatic heterocycles. The van der Waals surface area contributed by atoms with E-state index in [-0.39, 0.29) is 24.2 Å². The first-order valence-electron chi connectivity index (χ1n) is 6.25. The molecule has 7 nitrogen and oxygen atoms in total. The van der Waals surface area contributed by atoms with E-state index < -0.39 is 0 Å². The van der Waals surface area contributed by atoms with Gasteiger partial charge in [0.25, 0.3) is 0 Å². The summed E-state index contributed by atoms with van der Waals surface area (Å²) in [6.45, 7) is 0.386. The van der Waals surface area contributed by atoms with Gasteiger partial charge in [0.1, 0.15) is 12.7 Å². The molecule has 0 spiro atoms. The van der Waals surface area contributed by atoms with Crippen molar-refractivity contribution in [2.24, 2.45) is 5.92 Å². The second kappa shape index (κ2) is 5.12. The lowest BCUT2D eigenvalue weighted by Gasteiger charge is -2.16. The maximum Gasteiger partial charge on any atom is 0.244 e. The van der Waals surface area contributed by atoms with Gasteiger partial charge in [-0.1, -0.05) is 18.2 Å². The van der Waals surface area contributed by atoms with Crippen molar-refractivity contribution in [2.45, 2.75) is 6.42 Å². The summed E-state index contributed by atoms with van der Waals surface area (Å²) in [5.41, 5.74) is 3.45. The number of carbonyl (C=O) groups excluding carboxylic acids is 2. The van der Waals surface area contributed by atoms with Crippen LogP contribution in [0.5, 0.6) is 0 Å². The number of anilines is 1. The van der Waals surface area contributed by atoms with Crippen molar-refractivity contribution in [3.05, 3.63) is 43.0 Å². The van der Waals surface area contributed by atoms with Crippen molar-refractivity contribution >= 4 is 17.5 Å². The zero-order chi connectivity index (χ0) is 13.9. The summed E-state index contributed by atoms with van der Waals surface area (Å²) in [5.74, 6) is -0.623. The molecule has 1 aliphatic rings. The fraction of sp³-hybridized carbons (Fsp3) is 0.231. The van der Waals surface area contributed by atoms with E-state index in [1.54, 1.807) is 4.90 Å². The summed E-state index contributed by atoms with van der Waals surface area (Å²) in [5, 5.41) is 7.20. The first-order valence-corrected chi connectivity index (χ1v) is 6.25. The molecule has 7 heteroatoms. The Kier molecular flexibility index (Phi) is 3.16. The molecular weight excluding hydrogens is 258 g/mol. The van der Waals surface area contributed by atoms with Gasteiger partial charge in [0.2, 0.25) is 11.8 Å². The minimum atomic E-state index is -0.370. The standard InChI is InChI=1S/C13H13N5O2/c19-12-6-10(13(20)16-17-8-14-15-9-17)7-18(12)11-4-2-1-3-5-11/h1-5,8-10H,6-7H2,(H,16,20)/t10-/m0/s1. The molecule has 0 bridgehead atoms. The quantitative estimate of drug-likeness (QED) is 0.876. The van der Waals surface area contributed by atoms with Gasteiger partial charge < -0.3 is 4.90 Å². The fourth-order valence-corrected chi connectivity index (χ4v) is 2.22. The molecular formula is C13H13N5O2. The van der Waals surface area contributed by atoms with Crippen LogP contribution in [0.4, 0.5) is 5.69 Å². The molecule has 1 atom stereocenters. The number of para-hydroxylation sites is 1. The van der Waals surface area contributed by atoms with Gasteiger partial charge in [-0.25, -0.2) is 4.68 Å². The predicted molar refractivity (Wildman–Crippen MR) is 71.3 cm³/mol. The average Bonchev–Trinajstić information content (AvgIpc) is 3.09. The molecule has 1 saturated heterocycles. The number of hydrogen-bond acceptors (Lipinski definition) is 4. The monoisotopic (exact) mass is 271 g/mol. The highest BCUT2D eigenvalue weighted by Gasteiger charge is 2.35. The highest BCUT2D eigenvalue weighted by atomic mass is 16.2. The van der Waals surface area contributed by atoms with Crippen LogP contribution in [0.15, 0.2) is 43.0 Å². The van der Waals surface area contributed by atoms with Gasteiger partial charge in [-0.15, -0.1) is 10.2 Å². The summed E-state index contributed by atoms with van der Waals surface area (Å²) in [7, 11) is 0. The largest absolute Gasteiger partial charge is 0.312 e. The molecule has 2 amide bonds. The SMILES string of the molecule is O=C(Nn1cnnc1)[C@H]1CC(=O)N(c2ccccc2)C1. The van der Waals surface area contributed by atoms with Crippen LogP contribution >= 0.6 is 0 Å². The zero-order valence-electron chi connectivity index (χ0n) is 10.6. The number of hydrogen-bond donors (Lipinski definition) is 1.